The molecule has 1 unspecified atom stereocenters. The minimum atomic E-state index is -4.87. The third kappa shape index (κ3) is 4.82. The van der Waals surface area contributed by atoms with Crippen molar-refractivity contribution in [2.75, 3.05) is 0 Å². The van der Waals surface area contributed by atoms with Crippen LogP contribution in [0.3, 0.4) is 0 Å². The molecule has 0 saturated carbocycles. The first-order valence-electron chi connectivity index (χ1n) is 8.57. The van der Waals surface area contributed by atoms with Gasteiger partial charge in [-0.05, 0) is 42.8 Å². The highest BCUT2D eigenvalue weighted by Gasteiger charge is 2.31. The molecule has 0 spiro atoms. The fourth-order valence-electron chi connectivity index (χ4n) is 2.84. The first-order valence-corrected chi connectivity index (χ1v) is 9.76. The molecule has 3 aromatic rings. The van der Waals surface area contributed by atoms with Gasteiger partial charge in [-0.2, -0.15) is 4.99 Å². The number of nitrogens with zero attached hydrogens (tertiary/aromatic N) is 2. The number of carboxylic acids is 1. The van der Waals surface area contributed by atoms with E-state index in [2.05, 4.69) is 9.73 Å². The quantitative estimate of drug-likeness (QED) is 0.581. The molecule has 0 bridgehead atoms. The number of benzene rings is 2. The zero-order valence-electron chi connectivity index (χ0n) is 15.3. The predicted molar refractivity (Wildman–Crippen MR) is 105 cm³/mol. The lowest BCUT2D eigenvalue weighted by Crippen LogP contribution is -2.27. The number of carboxylic acid groups (broad SMARTS) is 1. The van der Waals surface area contributed by atoms with E-state index in [1.165, 1.54) is 22.8 Å². The van der Waals surface area contributed by atoms with Crippen LogP contribution in [0.2, 0.25) is 5.02 Å². The van der Waals surface area contributed by atoms with Crippen molar-refractivity contribution in [3.8, 4) is 5.75 Å². The molecule has 1 heterocycles. The Morgan fingerprint density at radius 1 is 1.27 bits per heavy atom. The van der Waals surface area contributed by atoms with E-state index in [1.807, 2.05) is 0 Å². The van der Waals surface area contributed by atoms with Gasteiger partial charge in [0.1, 0.15) is 11.8 Å². The Labute approximate surface area is 176 Å². The van der Waals surface area contributed by atoms with Gasteiger partial charge in [-0.15, -0.1) is 13.2 Å². The van der Waals surface area contributed by atoms with Gasteiger partial charge in [-0.3, -0.25) is 4.79 Å². The normalized spacial score (nSPS) is 13.4. The number of carbonyl (C=O) groups excluding carboxylic acids is 1. The molecule has 11 heteroatoms. The first kappa shape index (κ1) is 21.8. The number of rotatable bonds is 5. The number of amides is 1. The van der Waals surface area contributed by atoms with Gasteiger partial charge in [0.2, 0.25) is 0 Å². The number of halogens is 4. The molecule has 0 aliphatic heterocycles. The number of fused-ring (bicyclic) bond motifs is 1. The zero-order valence-corrected chi connectivity index (χ0v) is 16.9. The topological polar surface area (TPSA) is 80.9 Å². The molecule has 0 fully saturated rings. The van der Waals surface area contributed by atoms with E-state index in [9.17, 15) is 27.9 Å². The van der Waals surface area contributed by atoms with Crippen LogP contribution in [0.5, 0.6) is 5.75 Å². The van der Waals surface area contributed by atoms with E-state index < -0.39 is 30.0 Å². The molecule has 1 atom stereocenters. The average Bonchev–Trinajstić information content (AvgIpc) is 2.98. The lowest BCUT2D eigenvalue weighted by molar-refractivity contribution is -0.274. The summed E-state index contributed by atoms with van der Waals surface area (Å²) in [4.78, 5) is 28.4. The van der Waals surface area contributed by atoms with Crippen LogP contribution in [0.25, 0.3) is 10.2 Å². The first-order chi connectivity index (χ1) is 14.1. The largest absolute Gasteiger partial charge is 0.573 e. The van der Waals surface area contributed by atoms with Crippen molar-refractivity contribution in [2.24, 2.45) is 4.99 Å². The van der Waals surface area contributed by atoms with E-state index in [1.54, 1.807) is 19.1 Å². The van der Waals surface area contributed by atoms with Crippen LogP contribution in [-0.2, 0) is 4.79 Å². The standard InChI is InChI=1S/C19H14ClF3N2O4S/c1-2-13(17(27)28)25-14-7-6-12(29-19(21,22)23)9-15(14)30-18(25)24-16(26)10-4-3-5-11(20)8-10/h3-9,13H,2H2,1H3,(H,27,28)/b24-18-. The summed E-state index contributed by atoms with van der Waals surface area (Å²) in [7, 11) is 0. The Bertz CT molecular complexity index is 1190. The fraction of sp³-hybridized carbons (Fsp3) is 0.211. The molecule has 0 aliphatic carbocycles. The van der Waals surface area contributed by atoms with Crippen LogP contribution in [0.15, 0.2) is 47.5 Å². The number of aromatic nitrogens is 1. The molecule has 0 radical (unpaired) electrons. The van der Waals surface area contributed by atoms with Gasteiger partial charge in [-0.25, -0.2) is 4.79 Å². The zero-order chi connectivity index (χ0) is 22.1. The SMILES string of the molecule is CCC(C(=O)O)n1/c(=N/C(=O)c2cccc(Cl)c2)sc2cc(OC(F)(F)F)ccc21. The number of carbonyl (C=O) groups is 2. The smallest absolute Gasteiger partial charge is 0.480 e. The van der Waals surface area contributed by atoms with Crippen LogP contribution >= 0.6 is 22.9 Å². The van der Waals surface area contributed by atoms with Gasteiger partial charge in [0, 0.05) is 10.6 Å². The monoisotopic (exact) mass is 458 g/mol. The average molecular weight is 459 g/mol. The fourth-order valence-corrected chi connectivity index (χ4v) is 4.13. The summed E-state index contributed by atoms with van der Waals surface area (Å²) < 4.78 is 43.1. The van der Waals surface area contributed by atoms with Crippen molar-refractivity contribution in [3.05, 3.63) is 57.9 Å². The number of alkyl halides is 3. The minimum absolute atomic E-state index is 0.0355. The van der Waals surface area contributed by atoms with Crippen molar-refractivity contribution in [1.29, 1.82) is 0 Å². The number of ether oxygens (including phenoxy) is 1. The molecule has 0 aliphatic rings. The number of hydrogen-bond acceptors (Lipinski definition) is 4. The highest BCUT2D eigenvalue weighted by Crippen LogP contribution is 2.30. The number of aliphatic carboxylic acids is 1. The Balaban J connectivity index is 2.20. The van der Waals surface area contributed by atoms with Crippen molar-refractivity contribution < 1.29 is 32.6 Å². The molecule has 3 rings (SSSR count). The summed E-state index contributed by atoms with van der Waals surface area (Å²) in [5.41, 5.74) is 0.511. The van der Waals surface area contributed by atoms with E-state index in [4.69, 9.17) is 11.6 Å². The summed E-state index contributed by atoms with van der Waals surface area (Å²) >= 11 is 6.78. The summed E-state index contributed by atoms with van der Waals surface area (Å²) in [5, 5.41) is 9.92. The Morgan fingerprint density at radius 3 is 2.60 bits per heavy atom. The van der Waals surface area contributed by atoms with Crippen LogP contribution < -0.4 is 9.54 Å². The summed E-state index contributed by atoms with van der Waals surface area (Å²) in [6.45, 7) is 1.64. The molecule has 30 heavy (non-hydrogen) atoms. The van der Waals surface area contributed by atoms with Gasteiger partial charge in [0.15, 0.2) is 4.80 Å². The van der Waals surface area contributed by atoms with Crippen LogP contribution in [0, 0.1) is 0 Å². The van der Waals surface area contributed by atoms with E-state index in [0.717, 1.165) is 23.5 Å². The van der Waals surface area contributed by atoms with Gasteiger partial charge in [-0.1, -0.05) is 35.9 Å². The van der Waals surface area contributed by atoms with Crippen LogP contribution in [-0.4, -0.2) is 27.9 Å². The molecule has 1 N–H and O–H groups in total. The highest BCUT2D eigenvalue weighted by atomic mass is 35.5. The second-order valence-corrected chi connectivity index (χ2v) is 7.57. The highest BCUT2D eigenvalue weighted by molar-refractivity contribution is 7.16. The third-order valence-electron chi connectivity index (χ3n) is 4.08. The molecular formula is C19H14ClF3N2O4S. The Hall–Kier alpha value is -2.85. The Morgan fingerprint density at radius 2 is 2.00 bits per heavy atom. The minimum Gasteiger partial charge on any atom is -0.480 e. The van der Waals surface area contributed by atoms with E-state index in [-0.39, 0.29) is 21.5 Å². The Kier molecular flexibility index (Phi) is 6.18. The van der Waals surface area contributed by atoms with Crippen LogP contribution in [0.4, 0.5) is 13.2 Å². The van der Waals surface area contributed by atoms with E-state index >= 15 is 0 Å². The lowest BCUT2D eigenvalue weighted by Gasteiger charge is -2.14. The van der Waals surface area contributed by atoms with Gasteiger partial charge >= 0.3 is 12.3 Å². The van der Waals surface area contributed by atoms with E-state index in [0.29, 0.717) is 10.5 Å². The molecular weight excluding hydrogens is 445 g/mol. The lowest BCUT2D eigenvalue weighted by atomic mass is 10.2. The maximum atomic E-state index is 12.6. The van der Waals surface area contributed by atoms with Crippen LogP contribution in [0.1, 0.15) is 29.7 Å². The number of thiazole rings is 1. The molecule has 1 aromatic heterocycles. The molecule has 1 amide bonds. The predicted octanol–water partition coefficient (Wildman–Crippen LogP) is 5.03. The summed E-state index contributed by atoms with van der Waals surface area (Å²) in [6.07, 6.45) is -4.70. The molecule has 6 nitrogen and oxygen atoms in total. The van der Waals surface area contributed by atoms with Crippen molar-refractivity contribution in [1.82, 2.24) is 4.57 Å². The van der Waals surface area contributed by atoms with Crippen molar-refractivity contribution >= 4 is 45.0 Å². The van der Waals surface area contributed by atoms with Gasteiger partial charge < -0.3 is 14.4 Å². The second-order valence-electron chi connectivity index (χ2n) is 6.12. The van der Waals surface area contributed by atoms with Gasteiger partial charge in [0.25, 0.3) is 5.91 Å². The van der Waals surface area contributed by atoms with Gasteiger partial charge in [0.05, 0.1) is 10.2 Å². The van der Waals surface area contributed by atoms with Crippen molar-refractivity contribution in [3.63, 3.8) is 0 Å². The molecule has 158 valence electrons. The summed E-state index contributed by atoms with van der Waals surface area (Å²) in [6, 6.07) is 8.50. The summed E-state index contributed by atoms with van der Waals surface area (Å²) in [5.74, 6) is -2.28. The number of hydrogen-bond donors (Lipinski definition) is 1. The maximum Gasteiger partial charge on any atom is 0.573 e. The third-order valence-corrected chi connectivity index (χ3v) is 5.34. The molecule has 2 aromatic carbocycles. The second kappa shape index (κ2) is 8.49. The van der Waals surface area contributed by atoms with Crippen molar-refractivity contribution in [2.45, 2.75) is 25.7 Å². The maximum absolute atomic E-state index is 12.6. The molecule has 0 saturated heterocycles.